The third-order valence-corrected chi connectivity index (χ3v) is 8.33. The molecule has 1 amide bonds. The predicted molar refractivity (Wildman–Crippen MR) is 150 cm³/mol. The number of para-hydroxylation sites is 2. The molecule has 0 aliphatic carbocycles. The first-order valence-corrected chi connectivity index (χ1v) is 13.8. The Kier molecular flexibility index (Phi) is 7.28. The molecule has 38 heavy (non-hydrogen) atoms. The van der Waals surface area contributed by atoms with Crippen LogP contribution < -0.4 is 5.32 Å². The van der Waals surface area contributed by atoms with E-state index in [4.69, 9.17) is 0 Å². The van der Waals surface area contributed by atoms with Gasteiger partial charge in [0.2, 0.25) is 15.9 Å². The van der Waals surface area contributed by atoms with Gasteiger partial charge in [-0.1, -0.05) is 66.7 Å². The Balaban J connectivity index is 1.46. The number of fused-ring (bicyclic) bond motifs is 3. The van der Waals surface area contributed by atoms with Crippen molar-refractivity contribution in [2.45, 2.75) is 31.0 Å². The van der Waals surface area contributed by atoms with E-state index >= 15 is 0 Å². The average molecular weight is 528 g/mol. The number of hydrogen-bond donors (Lipinski definition) is 2. The van der Waals surface area contributed by atoms with Gasteiger partial charge in [0.1, 0.15) is 0 Å². The maximum Gasteiger partial charge on any atom is 0.243 e. The van der Waals surface area contributed by atoms with Crippen LogP contribution in [0.1, 0.15) is 12.5 Å². The van der Waals surface area contributed by atoms with Gasteiger partial charge in [0.05, 0.1) is 17.5 Å². The Labute approximate surface area is 222 Å². The molecular weight excluding hydrogens is 498 g/mol. The van der Waals surface area contributed by atoms with Crippen LogP contribution in [0.5, 0.6) is 0 Å². The number of nitrogens with one attached hydrogen (secondary N) is 1. The predicted octanol–water partition coefficient (Wildman–Crippen LogP) is 5.00. The summed E-state index contributed by atoms with van der Waals surface area (Å²) in [5.41, 5.74) is 3.30. The fraction of sp³-hybridized carbons (Fsp3) is 0.167. The lowest BCUT2D eigenvalue weighted by Gasteiger charge is -2.25. The van der Waals surface area contributed by atoms with Crippen LogP contribution in [-0.4, -0.2) is 41.0 Å². The van der Waals surface area contributed by atoms with Crippen LogP contribution in [-0.2, 0) is 27.9 Å². The Morgan fingerprint density at radius 1 is 0.842 bits per heavy atom. The molecule has 0 aliphatic rings. The standard InChI is InChI=1S/C30H29N3O4S/c1-22(34)31-24-15-17-26(18-16-24)38(36,37)32(19-23-9-3-2-4-10-23)20-25(35)21-33-29-13-7-5-11-27(29)28-12-6-8-14-30(28)33/h2-18,25,35H,19-21H2,1H3,(H,31,34). The van der Waals surface area contributed by atoms with Crippen LogP contribution in [0.4, 0.5) is 5.69 Å². The minimum absolute atomic E-state index is 0.0894. The monoisotopic (exact) mass is 527 g/mol. The first kappa shape index (κ1) is 25.7. The van der Waals surface area contributed by atoms with Gasteiger partial charge in [-0.25, -0.2) is 8.42 Å². The van der Waals surface area contributed by atoms with Gasteiger partial charge in [-0.15, -0.1) is 0 Å². The molecule has 8 heteroatoms. The lowest BCUT2D eigenvalue weighted by atomic mass is 10.2. The van der Waals surface area contributed by atoms with Crippen LogP contribution in [0.25, 0.3) is 21.8 Å². The molecule has 0 saturated carbocycles. The number of sulfonamides is 1. The smallest absolute Gasteiger partial charge is 0.243 e. The van der Waals surface area contributed by atoms with Crippen molar-refractivity contribution in [3.63, 3.8) is 0 Å². The van der Waals surface area contributed by atoms with Crippen LogP contribution >= 0.6 is 0 Å². The normalized spacial score (nSPS) is 12.7. The molecule has 0 saturated heterocycles. The van der Waals surface area contributed by atoms with Crippen molar-refractivity contribution in [3.05, 3.63) is 109 Å². The molecule has 2 N–H and O–H groups in total. The molecule has 0 aliphatic heterocycles. The first-order chi connectivity index (χ1) is 18.3. The molecule has 194 valence electrons. The van der Waals surface area contributed by atoms with Crippen LogP contribution in [0.3, 0.4) is 0 Å². The zero-order chi connectivity index (χ0) is 26.7. The summed E-state index contributed by atoms with van der Waals surface area (Å²) in [4.78, 5) is 11.4. The first-order valence-electron chi connectivity index (χ1n) is 12.4. The Morgan fingerprint density at radius 2 is 1.39 bits per heavy atom. The summed E-state index contributed by atoms with van der Waals surface area (Å²) in [6, 6.07) is 31.4. The highest BCUT2D eigenvalue weighted by molar-refractivity contribution is 7.89. The second kappa shape index (κ2) is 10.8. The zero-order valence-electron chi connectivity index (χ0n) is 21.0. The molecule has 0 fully saturated rings. The van der Waals surface area contributed by atoms with Crippen molar-refractivity contribution in [1.29, 1.82) is 0 Å². The minimum Gasteiger partial charge on any atom is -0.390 e. The number of aliphatic hydroxyl groups is 1. The van der Waals surface area contributed by atoms with E-state index < -0.39 is 16.1 Å². The number of benzene rings is 4. The van der Waals surface area contributed by atoms with E-state index in [1.165, 1.54) is 23.4 Å². The van der Waals surface area contributed by atoms with Gasteiger partial charge < -0.3 is 15.0 Å². The van der Waals surface area contributed by atoms with E-state index in [0.717, 1.165) is 27.4 Å². The summed E-state index contributed by atoms with van der Waals surface area (Å²) in [6.45, 7) is 1.65. The molecule has 0 bridgehead atoms. The highest BCUT2D eigenvalue weighted by atomic mass is 32.2. The largest absolute Gasteiger partial charge is 0.390 e. The number of hydrogen-bond acceptors (Lipinski definition) is 4. The summed E-state index contributed by atoms with van der Waals surface area (Å²) < 4.78 is 30.9. The molecule has 1 unspecified atom stereocenters. The average Bonchev–Trinajstić information content (AvgIpc) is 3.22. The number of aromatic nitrogens is 1. The number of amides is 1. The molecule has 0 spiro atoms. The Morgan fingerprint density at radius 3 is 1.97 bits per heavy atom. The minimum atomic E-state index is -3.95. The molecule has 0 radical (unpaired) electrons. The lowest BCUT2D eigenvalue weighted by Crippen LogP contribution is -2.38. The third-order valence-electron chi connectivity index (χ3n) is 6.50. The van der Waals surface area contributed by atoms with Crippen LogP contribution in [0, 0.1) is 0 Å². The number of nitrogens with zero attached hydrogens (tertiary/aromatic N) is 2. The van der Waals surface area contributed by atoms with Crippen molar-refractivity contribution in [2.24, 2.45) is 0 Å². The van der Waals surface area contributed by atoms with E-state index in [-0.39, 0.29) is 30.4 Å². The summed E-state index contributed by atoms with van der Waals surface area (Å²) in [5.74, 6) is -0.237. The summed E-state index contributed by atoms with van der Waals surface area (Å²) >= 11 is 0. The highest BCUT2D eigenvalue weighted by Gasteiger charge is 2.27. The maximum atomic E-state index is 13.8. The number of rotatable bonds is 9. The van der Waals surface area contributed by atoms with E-state index in [1.807, 2.05) is 71.3 Å². The molecule has 4 aromatic carbocycles. The molecule has 1 aromatic heterocycles. The van der Waals surface area contributed by atoms with Crippen molar-refractivity contribution in [2.75, 3.05) is 11.9 Å². The van der Waals surface area contributed by atoms with Gasteiger partial charge in [-0.05, 0) is 42.0 Å². The fourth-order valence-electron chi connectivity index (χ4n) is 4.80. The fourth-order valence-corrected chi connectivity index (χ4v) is 6.27. The Bertz CT molecular complexity index is 1630. The van der Waals surface area contributed by atoms with Crippen molar-refractivity contribution >= 4 is 43.4 Å². The van der Waals surface area contributed by atoms with Gasteiger partial charge in [-0.2, -0.15) is 4.31 Å². The topological polar surface area (TPSA) is 91.6 Å². The summed E-state index contributed by atoms with van der Waals surface area (Å²) in [5, 5.41) is 16.1. The highest BCUT2D eigenvalue weighted by Crippen LogP contribution is 2.29. The second-order valence-corrected chi connectivity index (χ2v) is 11.2. The second-order valence-electron chi connectivity index (χ2n) is 9.29. The summed E-state index contributed by atoms with van der Waals surface area (Å²) in [6.07, 6.45) is -0.966. The van der Waals surface area contributed by atoms with Gasteiger partial charge in [-0.3, -0.25) is 4.79 Å². The van der Waals surface area contributed by atoms with E-state index in [1.54, 1.807) is 12.1 Å². The van der Waals surface area contributed by atoms with Crippen molar-refractivity contribution in [1.82, 2.24) is 8.87 Å². The van der Waals surface area contributed by atoms with Gasteiger partial charge in [0.25, 0.3) is 0 Å². The number of carbonyl (C=O) groups is 1. The van der Waals surface area contributed by atoms with Crippen LogP contribution in [0.2, 0.25) is 0 Å². The summed E-state index contributed by atoms with van der Waals surface area (Å²) in [7, 11) is -3.95. The SMILES string of the molecule is CC(=O)Nc1ccc(S(=O)(=O)N(Cc2ccccc2)CC(O)Cn2c3ccccc3c3ccccc32)cc1. The maximum absolute atomic E-state index is 13.8. The molecule has 1 heterocycles. The molecule has 1 atom stereocenters. The van der Waals surface area contributed by atoms with Gasteiger partial charge in [0.15, 0.2) is 0 Å². The van der Waals surface area contributed by atoms with Crippen molar-refractivity contribution in [3.8, 4) is 0 Å². The number of anilines is 1. The third kappa shape index (κ3) is 5.33. The van der Waals surface area contributed by atoms with E-state index in [0.29, 0.717) is 5.69 Å². The molecule has 7 nitrogen and oxygen atoms in total. The van der Waals surface area contributed by atoms with Gasteiger partial charge >= 0.3 is 0 Å². The van der Waals surface area contributed by atoms with Crippen LogP contribution in [0.15, 0.2) is 108 Å². The molecular formula is C30H29N3O4S. The van der Waals surface area contributed by atoms with Crippen molar-refractivity contribution < 1.29 is 18.3 Å². The van der Waals surface area contributed by atoms with E-state index in [2.05, 4.69) is 17.4 Å². The quantitative estimate of drug-likeness (QED) is 0.282. The number of aliphatic hydroxyl groups excluding tert-OH is 1. The molecule has 5 rings (SSSR count). The molecule has 5 aromatic rings. The lowest BCUT2D eigenvalue weighted by molar-refractivity contribution is -0.114. The Hall–Kier alpha value is -3.98. The zero-order valence-corrected chi connectivity index (χ0v) is 21.8. The van der Waals surface area contributed by atoms with Gasteiger partial charge in [0, 0.05) is 47.5 Å². The number of carbonyl (C=O) groups excluding carboxylic acids is 1. The van der Waals surface area contributed by atoms with E-state index in [9.17, 15) is 18.3 Å².